The van der Waals surface area contributed by atoms with Crippen LogP contribution in [0.3, 0.4) is 0 Å². The van der Waals surface area contributed by atoms with Crippen LogP contribution in [0.15, 0.2) is 35.7 Å². The summed E-state index contributed by atoms with van der Waals surface area (Å²) in [5.41, 5.74) is 8.06. The molecular weight excluding hydrogens is 268 g/mol. The van der Waals surface area contributed by atoms with Crippen molar-refractivity contribution >= 4 is 22.9 Å². The van der Waals surface area contributed by atoms with Crippen molar-refractivity contribution in [1.29, 1.82) is 0 Å². The van der Waals surface area contributed by atoms with Gasteiger partial charge in [-0.05, 0) is 42.1 Å². The number of amides is 1. The lowest BCUT2D eigenvalue weighted by molar-refractivity contribution is -0.115. The maximum absolute atomic E-state index is 12.0. The van der Waals surface area contributed by atoms with Crippen LogP contribution in [0.2, 0.25) is 0 Å². The van der Waals surface area contributed by atoms with Crippen LogP contribution in [0.25, 0.3) is 0 Å². The number of carbonyl (C=O) groups is 1. The lowest BCUT2D eigenvalue weighted by atomic mass is 10.1. The number of thiophene rings is 1. The first kappa shape index (κ1) is 14.3. The van der Waals surface area contributed by atoms with Gasteiger partial charge in [-0.3, -0.25) is 4.79 Å². The van der Waals surface area contributed by atoms with Gasteiger partial charge in [-0.25, -0.2) is 0 Å². The molecule has 3 N–H and O–H groups in total. The van der Waals surface area contributed by atoms with Gasteiger partial charge in [-0.2, -0.15) is 0 Å². The van der Waals surface area contributed by atoms with Gasteiger partial charge in [0.05, 0.1) is 13.0 Å². The van der Waals surface area contributed by atoms with E-state index in [0.29, 0.717) is 13.0 Å². The first-order valence-corrected chi connectivity index (χ1v) is 7.18. The maximum Gasteiger partial charge on any atom is 0.229 e. The number of carbonyl (C=O) groups excluding carboxylic acids is 1. The van der Waals surface area contributed by atoms with Crippen LogP contribution in [0, 0.1) is 18.8 Å². The van der Waals surface area contributed by atoms with Crippen LogP contribution in [-0.4, -0.2) is 12.5 Å². The minimum atomic E-state index is -0.0178. The van der Waals surface area contributed by atoms with Crippen LogP contribution in [-0.2, 0) is 11.2 Å². The Kier molecular flexibility index (Phi) is 4.94. The highest BCUT2D eigenvalue weighted by Crippen LogP contribution is 2.15. The van der Waals surface area contributed by atoms with Gasteiger partial charge in [0, 0.05) is 16.1 Å². The Balaban J connectivity index is 2.08. The summed E-state index contributed by atoms with van der Waals surface area (Å²) in [4.78, 5) is 13.0. The minimum Gasteiger partial charge on any atom is -0.326 e. The van der Waals surface area contributed by atoms with Gasteiger partial charge in [-0.1, -0.05) is 17.9 Å². The fourth-order valence-electron chi connectivity index (χ4n) is 1.86. The SMILES string of the molecule is Cc1cc(C#CCN)cc(NC(=O)Cc2cccs2)c1. The summed E-state index contributed by atoms with van der Waals surface area (Å²) in [5, 5.41) is 4.87. The molecule has 2 rings (SSSR count). The number of nitrogens with two attached hydrogens (primary N) is 1. The van der Waals surface area contributed by atoms with E-state index in [1.54, 1.807) is 11.3 Å². The number of aryl methyl sites for hydroxylation is 1. The highest BCUT2D eigenvalue weighted by molar-refractivity contribution is 7.10. The summed E-state index contributed by atoms with van der Waals surface area (Å²) in [6.07, 6.45) is 0.398. The number of rotatable bonds is 3. The highest BCUT2D eigenvalue weighted by atomic mass is 32.1. The van der Waals surface area contributed by atoms with E-state index in [-0.39, 0.29) is 5.91 Å². The minimum absolute atomic E-state index is 0.0178. The Morgan fingerprint density at radius 3 is 2.95 bits per heavy atom. The first-order valence-electron chi connectivity index (χ1n) is 6.30. The van der Waals surface area contributed by atoms with E-state index < -0.39 is 0 Å². The summed E-state index contributed by atoms with van der Waals surface area (Å²) in [6.45, 7) is 2.30. The van der Waals surface area contributed by atoms with Gasteiger partial charge >= 0.3 is 0 Å². The Morgan fingerprint density at radius 1 is 1.40 bits per heavy atom. The van der Waals surface area contributed by atoms with Crippen molar-refractivity contribution in [2.45, 2.75) is 13.3 Å². The van der Waals surface area contributed by atoms with Crippen molar-refractivity contribution in [3.63, 3.8) is 0 Å². The van der Waals surface area contributed by atoms with Gasteiger partial charge in [0.1, 0.15) is 0 Å². The molecule has 1 aromatic heterocycles. The van der Waals surface area contributed by atoms with Crippen molar-refractivity contribution in [3.8, 4) is 11.8 Å². The van der Waals surface area contributed by atoms with Crippen molar-refractivity contribution in [1.82, 2.24) is 0 Å². The predicted octanol–water partition coefficient (Wildman–Crippen LogP) is 2.55. The second kappa shape index (κ2) is 6.90. The molecule has 102 valence electrons. The van der Waals surface area contributed by atoms with Gasteiger partial charge < -0.3 is 11.1 Å². The second-order valence-electron chi connectivity index (χ2n) is 4.40. The van der Waals surface area contributed by atoms with E-state index in [2.05, 4.69) is 17.2 Å². The van der Waals surface area contributed by atoms with Crippen molar-refractivity contribution < 1.29 is 4.79 Å². The zero-order valence-electron chi connectivity index (χ0n) is 11.3. The quantitative estimate of drug-likeness (QED) is 0.851. The number of anilines is 1. The van der Waals surface area contributed by atoms with E-state index >= 15 is 0 Å². The van der Waals surface area contributed by atoms with E-state index in [1.165, 1.54) is 0 Å². The number of benzene rings is 1. The standard InChI is InChI=1S/C16H16N2OS/c1-12-8-13(4-2-6-17)10-14(9-12)18-16(19)11-15-5-3-7-20-15/h3,5,7-10H,6,11,17H2,1H3,(H,18,19). The van der Waals surface area contributed by atoms with E-state index in [1.807, 2.05) is 42.6 Å². The molecule has 0 fully saturated rings. The van der Waals surface area contributed by atoms with E-state index in [4.69, 9.17) is 5.73 Å². The molecule has 4 heteroatoms. The monoisotopic (exact) mass is 284 g/mol. The van der Waals surface area contributed by atoms with Crippen LogP contribution < -0.4 is 11.1 Å². The van der Waals surface area contributed by atoms with Gasteiger partial charge in [0.15, 0.2) is 0 Å². The zero-order valence-corrected chi connectivity index (χ0v) is 12.1. The molecule has 0 saturated heterocycles. The molecule has 1 amide bonds. The molecule has 3 nitrogen and oxygen atoms in total. The third-order valence-corrected chi connectivity index (χ3v) is 3.49. The van der Waals surface area contributed by atoms with Crippen LogP contribution >= 0.6 is 11.3 Å². The molecule has 0 spiro atoms. The number of nitrogens with one attached hydrogen (secondary N) is 1. The maximum atomic E-state index is 12.0. The van der Waals surface area contributed by atoms with Crippen molar-refractivity contribution in [2.24, 2.45) is 5.73 Å². The lowest BCUT2D eigenvalue weighted by Gasteiger charge is -2.06. The number of hydrogen-bond acceptors (Lipinski definition) is 3. The normalized spacial score (nSPS) is 9.70. The Morgan fingerprint density at radius 2 is 2.25 bits per heavy atom. The topological polar surface area (TPSA) is 55.1 Å². The Labute approximate surface area is 122 Å². The Hall–Kier alpha value is -2.09. The molecule has 0 atom stereocenters. The molecule has 0 saturated carbocycles. The molecule has 1 aromatic carbocycles. The third-order valence-electron chi connectivity index (χ3n) is 2.61. The summed E-state index contributed by atoms with van der Waals surface area (Å²) < 4.78 is 0. The number of hydrogen-bond donors (Lipinski definition) is 2. The van der Waals surface area contributed by atoms with Gasteiger partial charge in [-0.15, -0.1) is 11.3 Å². The molecule has 0 unspecified atom stereocenters. The largest absolute Gasteiger partial charge is 0.326 e. The van der Waals surface area contributed by atoms with E-state index in [9.17, 15) is 4.79 Å². The third kappa shape index (κ3) is 4.23. The van der Waals surface area contributed by atoms with Crippen molar-refractivity contribution in [3.05, 3.63) is 51.7 Å². The highest BCUT2D eigenvalue weighted by Gasteiger charge is 2.05. The van der Waals surface area contributed by atoms with Crippen LogP contribution in [0.4, 0.5) is 5.69 Å². The summed E-state index contributed by atoms with van der Waals surface area (Å²) >= 11 is 1.58. The average Bonchev–Trinajstić information content (AvgIpc) is 2.88. The Bertz CT molecular complexity index is 651. The zero-order chi connectivity index (χ0) is 14.4. The molecular formula is C16H16N2OS. The first-order chi connectivity index (χ1) is 9.67. The molecule has 0 aliphatic carbocycles. The summed E-state index contributed by atoms with van der Waals surface area (Å²) in [5.74, 6) is 5.78. The molecule has 0 bridgehead atoms. The average molecular weight is 284 g/mol. The van der Waals surface area contributed by atoms with E-state index in [0.717, 1.165) is 21.7 Å². The molecule has 0 radical (unpaired) electrons. The lowest BCUT2D eigenvalue weighted by Crippen LogP contribution is -2.13. The molecule has 0 aliphatic heterocycles. The molecule has 1 heterocycles. The van der Waals surface area contributed by atoms with Gasteiger partial charge in [0.25, 0.3) is 0 Å². The molecule has 0 aliphatic rings. The predicted molar refractivity (Wildman–Crippen MR) is 83.8 cm³/mol. The summed E-state index contributed by atoms with van der Waals surface area (Å²) in [7, 11) is 0. The molecule has 20 heavy (non-hydrogen) atoms. The van der Waals surface area contributed by atoms with Crippen molar-refractivity contribution in [2.75, 3.05) is 11.9 Å². The summed E-state index contributed by atoms with van der Waals surface area (Å²) in [6, 6.07) is 9.67. The van der Waals surface area contributed by atoms with Crippen LogP contribution in [0.1, 0.15) is 16.0 Å². The second-order valence-corrected chi connectivity index (χ2v) is 5.43. The van der Waals surface area contributed by atoms with Crippen LogP contribution in [0.5, 0.6) is 0 Å². The fourth-order valence-corrected chi connectivity index (χ4v) is 2.56. The molecule has 2 aromatic rings. The smallest absolute Gasteiger partial charge is 0.229 e. The fraction of sp³-hybridized carbons (Fsp3) is 0.188. The van der Waals surface area contributed by atoms with Gasteiger partial charge in [0.2, 0.25) is 5.91 Å².